The quantitative estimate of drug-likeness (QED) is 0.583. The Balaban J connectivity index is 2.03. The number of amides is 1. The zero-order valence-corrected chi connectivity index (χ0v) is 16.6. The smallest absolute Gasteiger partial charge is 0.273 e. The SMILES string of the molecule is CC(CO)NS(=O)(=O)c1c(Cl)c(C(=O)Nc2cc(F)nc(C#N)c2)n2c1C=CC2. The molecular weight excluding hydrogens is 425 g/mol. The highest BCUT2D eigenvalue weighted by Gasteiger charge is 2.34. The summed E-state index contributed by atoms with van der Waals surface area (Å²) in [6, 6.07) is 2.99. The van der Waals surface area contributed by atoms with E-state index in [4.69, 9.17) is 22.0 Å². The number of rotatable bonds is 6. The third kappa shape index (κ3) is 4.01. The van der Waals surface area contributed by atoms with Gasteiger partial charge in [0, 0.05) is 24.3 Å². The van der Waals surface area contributed by atoms with Crippen molar-refractivity contribution in [3.63, 3.8) is 0 Å². The molecule has 3 heterocycles. The fraction of sp³-hybridized carbons (Fsp3) is 0.235. The molecule has 0 saturated heterocycles. The maximum atomic E-state index is 13.5. The molecule has 0 aliphatic carbocycles. The molecule has 29 heavy (non-hydrogen) atoms. The van der Waals surface area contributed by atoms with Crippen LogP contribution >= 0.6 is 11.6 Å². The number of carbonyl (C=O) groups excluding carboxylic acids is 1. The van der Waals surface area contributed by atoms with Crippen molar-refractivity contribution in [3.05, 3.63) is 46.3 Å². The van der Waals surface area contributed by atoms with Gasteiger partial charge in [0.25, 0.3) is 5.91 Å². The zero-order chi connectivity index (χ0) is 21.3. The fourth-order valence-electron chi connectivity index (χ4n) is 2.86. The summed E-state index contributed by atoms with van der Waals surface area (Å²) in [5, 5.41) is 20.1. The van der Waals surface area contributed by atoms with E-state index < -0.39 is 34.5 Å². The summed E-state index contributed by atoms with van der Waals surface area (Å²) in [5.74, 6) is -1.75. The molecule has 9 nitrogen and oxygen atoms in total. The molecule has 0 fully saturated rings. The number of fused-ring (bicyclic) bond motifs is 1. The highest BCUT2D eigenvalue weighted by Crippen LogP contribution is 2.36. The maximum absolute atomic E-state index is 13.5. The van der Waals surface area contributed by atoms with Crippen LogP contribution in [0.5, 0.6) is 0 Å². The summed E-state index contributed by atoms with van der Waals surface area (Å²) < 4.78 is 42.7. The van der Waals surface area contributed by atoms with Crippen LogP contribution in [0.3, 0.4) is 0 Å². The predicted octanol–water partition coefficient (Wildman–Crippen LogP) is 1.49. The first-order valence-electron chi connectivity index (χ1n) is 8.28. The van der Waals surface area contributed by atoms with E-state index in [2.05, 4.69) is 15.0 Å². The van der Waals surface area contributed by atoms with Crippen molar-refractivity contribution in [3.8, 4) is 6.07 Å². The van der Waals surface area contributed by atoms with Gasteiger partial charge in [-0.05, 0) is 19.1 Å². The second-order valence-electron chi connectivity index (χ2n) is 6.22. The Labute approximate surface area is 170 Å². The number of carbonyl (C=O) groups is 1. The number of aliphatic hydroxyl groups is 1. The highest BCUT2D eigenvalue weighted by molar-refractivity contribution is 7.89. The van der Waals surface area contributed by atoms with Crippen molar-refractivity contribution in [2.45, 2.75) is 24.4 Å². The molecular formula is C17H15ClFN5O4S. The minimum absolute atomic E-state index is 0.0342. The lowest BCUT2D eigenvalue weighted by molar-refractivity contribution is 0.101. The van der Waals surface area contributed by atoms with E-state index in [1.165, 1.54) is 23.6 Å². The Morgan fingerprint density at radius 3 is 2.90 bits per heavy atom. The van der Waals surface area contributed by atoms with Crippen molar-refractivity contribution >= 4 is 39.3 Å². The van der Waals surface area contributed by atoms with Gasteiger partial charge in [0.1, 0.15) is 22.4 Å². The molecule has 3 rings (SSSR count). The largest absolute Gasteiger partial charge is 0.395 e. The molecule has 2 aromatic heterocycles. The number of nitriles is 1. The highest BCUT2D eigenvalue weighted by atomic mass is 35.5. The summed E-state index contributed by atoms with van der Waals surface area (Å²) in [4.78, 5) is 15.9. The molecule has 3 N–H and O–H groups in total. The lowest BCUT2D eigenvalue weighted by atomic mass is 10.3. The molecule has 2 aromatic rings. The second kappa shape index (κ2) is 7.92. The number of anilines is 1. The van der Waals surface area contributed by atoms with Crippen LogP contribution < -0.4 is 10.0 Å². The molecule has 1 aliphatic rings. The van der Waals surface area contributed by atoms with E-state index in [0.717, 1.165) is 6.07 Å². The molecule has 0 spiro atoms. The number of hydrogen-bond donors (Lipinski definition) is 3. The first kappa shape index (κ1) is 20.9. The van der Waals surface area contributed by atoms with Crippen LogP contribution in [-0.4, -0.2) is 41.6 Å². The Bertz CT molecular complexity index is 1170. The number of aromatic nitrogens is 2. The Morgan fingerprint density at radius 1 is 1.52 bits per heavy atom. The number of hydrogen-bond acceptors (Lipinski definition) is 6. The molecule has 1 atom stereocenters. The molecule has 1 unspecified atom stereocenters. The topological polar surface area (TPSA) is 137 Å². The first-order valence-corrected chi connectivity index (χ1v) is 10.1. The van der Waals surface area contributed by atoms with Crippen LogP contribution in [0.1, 0.15) is 28.8 Å². The number of allylic oxidation sites excluding steroid dienone is 1. The second-order valence-corrected chi connectivity index (χ2v) is 8.25. The van der Waals surface area contributed by atoms with Gasteiger partial charge in [-0.2, -0.15) is 9.65 Å². The lowest BCUT2D eigenvalue weighted by Crippen LogP contribution is -2.35. The number of pyridine rings is 1. The van der Waals surface area contributed by atoms with E-state index in [1.807, 2.05) is 0 Å². The lowest BCUT2D eigenvalue weighted by Gasteiger charge is -2.11. The Hall–Kier alpha value is -2.78. The van der Waals surface area contributed by atoms with Crippen LogP contribution in [0.15, 0.2) is 23.1 Å². The summed E-state index contributed by atoms with van der Waals surface area (Å²) in [5.41, 5.74) is -0.206. The van der Waals surface area contributed by atoms with Gasteiger partial charge in [-0.25, -0.2) is 18.1 Å². The summed E-state index contributed by atoms with van der Waals surface area (Å²) >= 11 is 6.27. The van der Waals surface area contributed by atoms with E-state index in [9.17, 15) is 17.6 Å². The third-order valence-electron chi connectivity index (χ3n) is 4.04. The molecule has 1 aliphatic heterocycles. The van der Waals surface area contributed by atoms with Gasteiger partial charge >= 0.3 is 0 Å². The zero-order valence-electron chi connectivity index (χ0n) is 15.0. The predicted molar refractivity (Wildman–Crippen MR) is 102 cm³/mol. The van der Waals surface area contributed by atoms with Crippen molar-refractivity contribution in [2.24, 2.45) is 0 Å². The van der Waals surface area contributed by atoms with E-state index in [-0.39, 0.29) is 39.2 Å². The summed E-state index contributed by atoms with van der Waals surface area (Å²) in [6.45, 7) is 1.25. The number of halogens is 2. The maximum Gasteiger partial charge on any atom is 0.273 e. The average Bonchev–Trinajstić information content (AvgIpc) is 3.19. The van der Waals surface area contributed by atoms with Gasteiger partial charge in [0.15, 0.2) is 0 Å². The minimum atomic E-state index is -4.14. The minimum Gasteiger partial charge on any atom is -0.395 e. The molecule has 152 valence electrons. The van der Waals surface area contributed by atoms with Gasteiger partial charge in [-0.3, -0.25) is 4.79 Å². The molecule has 0 saturated carbocycles. The van der Waals surface area contributed by atoms with Crippen LogP contribution in [-0.2, 0) is 16.6 Å². The Kier molecular flexibility index (Phi) is 5.72. The van der Waals surface area contributed by atoms with Crippen LogP contribution in [0.4, 0.5) is 10.1 Å². The van der Waals surface area contributed by atoms with E-state index in [1.54, 1.807) is 12.1 Å². The first-order chi connectivity index (χ1) is 13.7. The van der Waals surface area contributed by atoms with Crippen molar-refractivity contribution in [1.29, 1.82) is 5.26 Å². The van der Waals surface area contributed by atoms with Crippen LogP contribution in [0.25, 0.3) is 6.08 Å². The number of sulfonamides is 1. The Morgan fingerprint density at radius 2 is 2.24 bits per heavy atom. The molecule has 1 amide bonds. The van der Waals surface area contributed by atoms with Gasteiger partial charge < -0.3 is 15.0 Å². The molecule has 0 bridgehead atoms. The number of aliphatic hydroxyl groups excluding tert-OH is 1. The third-order valence-corrected chi connectivity index (χ3v) is 6.19. The fourth-order valence-corrected chi connectivity index (χ4v) is 4.96. The average molecular weight is 440 g/mol. The van der Waals surface area contributed by atoms with Crippen LogP contribution in [0.2, 0.25) is 5.02 Å². The van der Waals surface area contributed by atoms with Gasteiger partial charge in [-0.1, -0.05) is 17.7 Å². The van der Waals surface area contributed by atoms with Gasteiger partial charge in [0.2, 0.25) is 16.0 Å². The van der Waals surface area contributed by atoms with Crippen molar-refractivity contribution in [2.75, 3.05) is 11.9 Å². The molecule has 0 radical (unpaired) electrons. The summed E-state index contributed by atoms with van der Waals surface area (Å²) in [7, 11) is -4.14. The van der Waals surface area contributed by atoms with E-state index >= 15 is 0 Å². The summed E-state index contributed by atoms with van der Waals surface area (Å²) in [6.07, 6.45) is 3.16. The van der Waals surface area contributed by atoms with E-state index in [0.29, 0.717) is 0 Å². The standard InChI is InChI=1S/C17H15ClFN5O4S/c1-9(8-25)23-29(27,28)16-12-3-2-4-24(12)15(14(16)18)17(26)22-10-5-11(7-20)21-13(19)6-10/h2-3,5-6,9,23,25H,4,8H2,1H3,(H,21,22,26). The molecule has 12 heteroatoms. The number of nitrogens with one attached hydrogen (secondary N) is 2. The van der Waals surface area contributed by atoms with Crippen LogP contribution in [0, 0.1) is 17.3 Å². The monoisotopic (exact) mass is 439 g/mol. The molecule has 0 aromatic carbocycles. The normalized spacial score (nSPS) is 13.8. The number of nitrogens with zero attached hydrogens (tertiary/aromatic N) is 3. The van der Waals surface area contributed by atoms with Crippen molar-refractivity contribution in [1.82, 2.24) is 14.3 Å². The van der Waals surface area contributed by atoms with Gasteiger partial charge in [-0.15, -0.1) is 0 Å². The van der Waals surface area contributed by atoms with Crippen molar-refractivity contribution < 1.29 is 22.7 Å². The van der Waals surface area contributed by atoms with Gasteiger partial charge in [0.05, 0.1) is 17.3 Å².